The van der Waals surface area contributed by atoms with Gasteiger partial charge in [-0.05, 0) is 28.3 Å². The summed E-state index contributed by atoms with van der Waals surface area (Å²) in [6.45, 7) is 0. The Balaban J connectivity index is 1.90. The summed E-state index contributed by atoms with van der Waals surface area (Å²) in [5.74, 6) is 0. The number of oxime groups is 1. The van der Waals surface area contributed by atoms with E-state index in [9.17, 15) is 4.79 Å². The molecule has 0 aliphatic rings. The van der Waals surface area contributed by atoms with E-state index >= 15 is 0 Å². The van der Waals surface area contributed by atoms with Crippen LogP contribution in [0.1, 0.15) is 22.4 Å². The van der Waals surface area contributed by atoms with Crippen LogP contribution < -0.4 is 5.32 Å². The highest BCUT2D eigenvalue weighted by atomic mass is 35.5. The molecule has 0 bridgehead atoms. The second kappa shape index (κ2) is 9.77. The molecule has 1 heterocycles. The highest BCUT2D eigenvalue weighted by Crippen LogP contribution is 2.40. The Labute approximate surface area is 195 Å². The van der Waals surface area contributed by atoms with E-state index in [0.717, 1.165) is 16.7 Å². The molecule has 32 heavy (non-hydrogen) atoms. The molecular weight excluding hydrogens is 442 g/mol. The Kier molecular flexibility index (Phi) is 6.63. The minimum Gasteiger partial charge on any atom is -0.398 e. The summed E-state index contributed by atoms with van der Waals surface area (Å²) in [5, 5.41) is 8.99. The number of rotatable bonds is 8. The molecule has 1 N–H and O–H groups in total. The van der Waals surface area contributed by atoms with Gasteiger partial charge in [0.2, 0.25) is 0 Å². The van der Waals surface area contributed by atoms with Crippen LogP contribution in [0.3, 0.4) is 0 Å². The fourth-order valence-corrected chi connectivity index (χ4v) is 4.54. The fraction of sp³-hybridized carbons (Fsp3) is 0.0800. The molecule has 4 rings (SSSR count). The third-order valence-electron chi connectivity index (χ3n) is 5.03. The molecule has 1 aromatic heterocycles. The van der Waals surface area contributed by atoms with Crippen molar-refractivity contribution in [1.82, 2.24) is 4.98 Å². The highest BCUT2D eigenvalue weighted by molar-refractivity contribution is 7.14. The Morgan fingerprint density at radius 2 is 1.38 bits per heavy atom. The normalized spacial score (nSPS) is 11.8. The van der Waals surface area contributed by atoms with Gasteiger partial charge in [0.05, 0.1) is 0 Å². The van der Waals surface area contributed by atoms with Crippen LogP contribution in [0.5, 0.6) is 0 Å². The van der Waals surface area contributed by atoms with Gasteiger partial charge in [-0.25, -0.2) is 4.98 Å². The third kappa shape index (κ3) is 4.28. The number of carbonyl (C=O) groups is 1. The molecular formula is C25H20ClN3O2S. The number of benzene rings is 3. The SMILES string of the molecule is CO/N=C(/C(=O)Cl)c1csc(NC(c2ccccc2)(c2ccccc2)c2ccccc2)n1. The summed E-state index contributed by atoms with van der Waals surface area (Å²) in [4.78, 5) is 21.2. The third-order valence-corrected chi connectivity index (χ3v) is 5.97. The van der Waals surface area contributed by atoms with Gasteiger partial charge in [-0.3, -0.25) is 4.79 Å². The molecule has 4 aromatic rings. The van der Waals surface area contributed by atoms with E-state index in [1.165, 1.54) is 18.4 Å². The lowest BCUT2D eigenvalue weighted by molar-refractivity contribution is -0.106. The first-order valence-electron chi connectivity index (χ1n) is 9.87. The van der Waals surface area contributed by atoms with Gasteiger partial charge in [0.1, 0.15) is 18.3 Å². The lowest BCUT2D eigenvalue weighted by Crippen LogP contribution is -2.38. The van der Waals surface area contributed by atoms with Gasteiger partial charge in [0.25, 0.3) is 5.24 Å². The summed E-state index contributed by atoms with van der Waals surface area (Å²) >= 11 is 7.04. The van der Waals surface area contributed by atoms with Crippen LogP contribution in [-0.2, 0) is 15.2 Å². The summed E-state index contributed by atoms with van der Waals surface area (Å²) in [5.41, 5.74) is 2.74. The Hall–Kier alpha value is -3.48. The first-order chi connectivity index (χ1) is 15.6. The number of halogens is 1. The van der Waals surface area contributed by atoms with E-state index in [1.807, 2.05) is 54.6 Å². The van der Waals surface area contributed by atoms with Crippen LogP contribution in [0, 0.1) is 0 Å². The molecule has 0 amide bonds. The number of anilines is 1. The van der Waals surface area contributed by atoms with E-state index in [0.29, 0.717) is 10.8 Å². The molecule has 0 saturated carbocycles. The predicted octanol–water partition coefficient (Wildman–Crippen LogP) is 5.66. The Morgan fingerprint density at radius 1 is 0.906 bits per heavy atom. The van der Waals surface area contributed by atoms with Crippen LogP contribution in [-0.4, -0.2) is 23.0 Å². The zero-order valence-corrected chi connectivity index (χ0v) is 18.8. The average Bonchev–Trinajstić information content (AvgIpc) is 3.30. The van der Waals surface area contributed by atoms with E-state index < -0.39 is 10.8 Å². The molecule has 0 atom stereocenters. The van der Waals surface area contributed by atoms with Gasteiger partial charge in [-0.2, -0.15) is 0 Å². The molecule has 5 nitrogen and oxygen atoms in total. The first-order valence-corrected chi connectivity index (χ1v) is 11.1. The average molecular weight is 462 g/mol. The summed E-state index contributed by atoms with van der Waals surface area (Å²) < 4.78 is 0. The second-order valence-electron chi connectivity index (χ2n) is 6.91. The maximum atomic E-state index is 11.8. The van der Waals surface area contributed by atoms with Gasteiger partial charge in [-0.1, -0.05) is 96.2 Å². The summed E-state index contributed by atoms with van der Waals surface area (Å²) in [6.07, 6.45) is 0. The van der Waals surface area contributed by atoms with Crippen molar-refractivity contribution in [2.45, 2.75) is 5.54 Å². The number of thiazole rings is 1. The van der Waals surface area contributed by atoms with E-state index in [4.69, 9.17) is 16.4 Å². The highest BCUT2D eigenvalue weighted by Gasteiger charge is 2.37. The van der Waals surface area contributed by atoms with Crippen molar-refractivity contribution in [2.24, 2.45) is 5.16 Å². The monoisotopic (exact) mass is 461 g/mol. The van der Waals surface area contributed by atoms with E-state index in [1.54, 1.807) is 5.38 Å². The number of hydrogen-bond acceptors (Lipinski definition) is 6. The van der Waals surface area contributed by atoms with Crippen LogP contribution >= 0.6 is 22.9 Å². The van der Waals surface area contributed by atoms with Gasteiger partial charge >= 0.3 is 0 Å². The van der Waals surface area contributed by atoms with Crippen LogP contribution in [0.25, 0.3) is 0 Å². The van der Waals surface area contributed by atoms with Crippen molar-refractivity contribution in [2.75, 3.05) is 12.4 Å². The maximum absolute atomic E-state index is 11.8. The summed E-state index contributed by atoms with van der Waals surface area (Å²) in [6, 6.07) is 30.6. The number of aromatic nitrogens is 1. The van der Waals surface area contributed by atoms with Gasteiger partial charge < -0.3 is 10.2 Å². The molecule has 0 fully saturated rings. The van der Waals surface area contributed by atoms with Crippen molar-refractivity contribution >= 4 is 39.0 Å². The Bertz CT molecular complexity index is 1120. The van der Waals surface area contributed by atoms with Crippen molar-refractivity contribution < 1.29 is 9.63 Å². The molecule has 160 valence electrons. The standard InChI is InChI=1S/C25H20ClN3O2S/c1-31-29-22(23(26)30)21-17-32-24(27-21)28-25(18-11-5-2-6-12-18,19-13-7-3-8-14-19)20-15-9-4-10-16-20/h2-17H,1H3,(H,27,28)/b29-22+. The van der Waals surface area contributed by atoms with Gasteiger partial charge in [0, 0.05) is 5.38 Å². The van der Waals surface area contributed by atoms with Crippen molar-refractivity contribution in [3.63, 3.8) is 0 Å². The lowest BCUT2D eigenvalue weighted by atomic mass is 9.77. The largest absolute Gasteiger partial charge is 0.398 e. The minimum absolute atomic E-state index is 0.0387. The maximum Gasteiger partial charge on any atom is 0.276 e. The zero-order valence-electron chi connectivity index (χ0n) is 17.2. The number of carbonyl (C=O) groups excluding carboxylic acids is 1. The van der Waals surface area contributed by atoms with E-state index in [-0.39, 0.29) is 5.71 Å². The van der Waals surface area contributed by atoms with Gasteiger partial charge in [-0.15, -0.1) is 11.3 Å². The van der Waals surface area contributed by atoms with Crippen molar-refractivity contribution in [1.29, 1.82) is 0 Å². The molecule has 0 aliphatic carbocycles. The smallest absolute Gasteiger partial charge is 0.276 e. The molecule has 0 saturated heterocycles. The minimum atomic E-state index is -0.732. The topological polar surface area (TPSA) is 63.6 Å². The van der Waals surface area contributed by atoms with Crippen LogP contribution in [0.4, 0.5) is 5.13 Å². The number of nitrogens with one attached hydrogen (secondary N) is 1. The fourth-order valence-electron chi connectivity index (χ4n) is 3.66. The van der Waals surface area contributed by atoms with Crippen LogP contribution in [0.2, 0.25) is 0 Å². The zero-order chi connectivity index (χ0) is 22.4. The lowest BCUT2D eigenvalue weighted by Gasteiger charge is -2.36. The predicted molar refractivity (Wildman–Crippen MR) is 129 cm³/mol. The molecule has 0 spiro atoms. The number of hydrogen-bond donors (Lipinski definition) is 1. The molecule has 3 aromatic carbocycles. The first kappa shape index (κ1) is 21.7. The quantitative estimate of drug-likeness (QED) is 0.159. The van der Waals surface area contributed by atoms with E-state index in [2.05, 4.69) is 51.9 Å². The van der Waals surface area contributed by atoms with Crippen molar-refractivity contribution in [3.05, 3.63) is 119 Å². The molecule has 0 radical (unpaired) electrons. The van der Waals surface area contributed by atoms with Crippen molar-refractivity contribution in [3.8, 4) is 0 Å². The molecule has 0 aliphatic heterocycles. The van der Waals surface area contributed by atoms with Gasteiger partial charge in [0.15, 0.2) is 10.8 Å². The number of nitrogens with zero attached hydrogens (tertiary/aromatic N) is 2. The second-order valence-corrected chi connectivity index (χ2v) is 8.11. The summed E-state index contributed by atoms with van der Waals surface area (Å²) in [7, 11) is 1.36. The van der Waals surface area contributed by atoms with Crippen LogP contribution in [0.15, 0.2) is 102 Å². The Morgan fingerprint density at radius 3 is 1.78 bits per heavy atom. The molecule has 7 heteroatoms. The molecule has 0 unspecified atom stereocenters.